The maximum Gasteiger partial charge on any atom is 0.416 e. The number of rotatable bonds is 4. The van der Waals surface area contributed by atoms with Gasteiger partial charge in [-0.3, -0.25) is 0 Å². The molecular formula is C19H18F3N. The third-order valence-corrected chi connectivity index (χ3v) is 4.12. The number of halogens is 3. The van der Waals surface area contributed by atoms with Crippen molar-refractivity contribution in [1.29, 1.82) is 0 Å². The van der Waals surface area contributed by atoms with E-state index < -0.39 is 11.7 Å². The zero-order valence-electron chi connectivity index (χ0n) is 12.8. The quantitative estimate of drug-likeness (QED) is 0.703. The van der Waals surface area contributed by atoms with Crippen LogP contribution in [0.15, 0.2) is 42.5 Å². The minimum atomic E-state index is -4.34. The molecule has 4 heteroatoms. The summed E-state index contributed by atoms with van der Waals surface area (Å²) in [5.41, 5.74) is 2.71. The van der Waals surface area contributed by atoms with Crippen molar-refractivity contribution in [2.45, 2.75) is 24.9 Å². The Balaban J connectivity index is 2.01. The van der Waals surface area contributed by atoms with Crippen molar-refractivity contribution in [2.24, 2.45) is 0 Å². The molecule has 1 N–H and O–H groups in total. The molecule has 1 fully saturated rings. The van der Waals surface area contributed by atoms with Gasteiger partial charge in [0.25, 0.3) is 0 Å². The van der Waals surface area contributed by atoms with E-state index in [0.717, 1.165) is 30.2 Å². The molecule has 3 rings (SSSR count). The van der Waals surface area contributed by atoms with Gasteiger partial charge in [-0.15, -0.1) is 0 Å². The van der Waals surface area contributed by atoms with Crippen molar-refractivity contribution >= 4 is 17.8 Å². The predicted octanol–water partition coefficient (Wildman–Crippen LogP) is 5.79. The first-order valence-corrected chi connectivity index (χ1v) is 7.65. The van der Waals surface area contributed by atoms with Gasteiger partial charge in [-0.2, -0.15) is 13.2 Å². The summed E-state index contributed by atoms with van der Waals surface area (Å²) in [4.78, 5) is 0. The van der Waals surface area contributed by atoms with E-state index in [0.29, 0.717) is 5.92 Å². The van der Waals surface area contributed by atoms with Crippen LogP contribution in [0, 0.1) is 0 Å². The average Bonchev–Trinajstić information content (AvgIpc) is 3.36. The molecular weight excluding hydrogens is 299 g/mol. The van der Waals surface area contributed by atoms with Crippen molar-refractivity contribution in [3.8, 4) is 0 Å². The summed E-state index contributed by atoms with van der Waals surface area (Å²) in [5.74, 6) is 0.529. The molecule has 1 nitrogen and oxygen atoms in total. The SMILES string of the molecule is CNc1cccc(C2CC2)c1/C=C/c1ccccc1C(F)(F)F. The highest BCUT2D eigenvalue weighted by Gasteiger charge is 2.32. The molecule has 0 bridgehead atoms. The van der Waals surface area contributed by atoms with Gasteiger partial charge in [-0.25, -0.2) is 0 Å². The van der Waals surface area contributed by atoms with Gasteiger partial charge in [-0.1, -0.05) is 42.5 Å². The fraction of sp³-hybridized carbons (Fsp3) is 0.263. The second-order valence-corrected chi connectivity index (χ2v) is 5.75. The van der Waals surface area contributed by atoms with E-state index in [2.05, 4.69) is 11.4 Å². The number of anilines is 1. The first-order valence-electron chi connectivity index (χ1n) is 7.65. The van der Waals surface area contributed by atoms with Crippen molar-refractivity contribution in [3.05, 3.63) is 64.7 Å². The maximum absolute atomic E-state index is 13.1. The molecule has 0 atom stereocenters. The molecule has 0 heterocycles. The van der Waals surface area contributed by atoms with Gasteiger partial charge in [0.15, 0.2) is 0 Å². The lowest BCUT2D eigenvalue weighted by atomic mass is 9.99. The maximum atomic E-state index is 13.1. The van der Waals surface area contributed by atoms with E-state index in [1.807, 2.05) is 19.2 Å². The molecule has 0 amide bonds. The Bertz CT molecular complexity index is 728. The molecule has 120 valence electrons. The van der Waals surface area contributed by atoms with Crippen LogP contribution in [-0.2, 0) is 6.18 Å². The molecule has 0 aliphatic heterocycles. The van der Waals surface area contributed by atoms with E-state index in [-0.39, 0.29) is 5.56 Å². The van der Waals surface area contributed by atoms with Crippen LogP contribution in [0.3, 0.4) is 0 Å². The van der Waals surface area contributed by atoms with Gasteiger partial charge >= 0.3 is 6.18 Å². The largest absolute Gasteiger partial charge is 0.416 e. The minimum absolute atomic E-state index is 0.188. The molecule has 2 aromatic carbocycles. The summed E-state index contributed by atoms with van der Waals surface area (Å²) >= 11 is 0. The van der Waals surface area contributed by atoms with Crippen LogP contribution < -0.4 is 5.32 Å². The van der Waals surface area contributed by atoms with E-state index in [4.69, 9.17) is 0 Å². The number of benzene rings is 2. The van der Waals surface area contributed by atoms with Crippen LogP contribution in [-0.4, -0.2) is 7.05 Å². The Morgan fingerprint density at radius 3 is 2.39 bits per heavy atom. The summed E-state index contributed by atoms with van der Waals surface area (Å²) in [7, 11) is 1.83. The minimum Gasteiger partial charge on any atom is -0.388 e. The van der Waals surface area contributed by atoms with E-state index >= 15 is 0 Å². The fourth-order valence-electron chi connectivity index (χ4n) is 2.81. The van der Waals surface area contributed by atoms with Crippen LogP contribution in [0.25, 0.3) is 12.2 Å². The van der Waals surface area contributed by atoms with Gasteiger partial charge in [0.05, 0.1) is 5.56 Å². The topological polar surface area (TPSA) is 12.0 Å². The smallest absolute Gasteiger partial charge is 0.388 e. The van der Waals surface area contributed by atoms with Crippen LogP contribution in [0.2, 0.25) is 0 Å². The second kappa shape index (κ2) is 6.11. The third-order valence-electron chi connectivity index (χ3n) is 4.12. The molecule has 0 unspecified atom stereocenters. The van der Waals surface area contributed by atoms with Crippen molar-refractivity contribution in [3.63, 3.8) is 0 Å². The molecule has 2 aromatic rings. The van der Waals surface area contributed by atoms with Crippen molar-refractivity contribution in [1.82, 2.24) is 0 Å². The molecule has 1 aliphatic rings. The van der Waals surface area contributed by atoms with Crippen molar-refractivity contribution < 1.29 is 13.2 Å². The lowest BCUT2D eigenvalue weighted by Gasteiger charge is -2.12. The molecule has 0 saturated heterocycles. The normalized spacial score (nSPS) is 15.1. The molecule has 1 aliphatic carbocycles. The van der Waals surface area contributed by atoms with Gasteiger partial charge in [0.1, 0.15) is 0 Å². The Morgan fingerprint density at radius 1 is 1.00 bits per heavy atom. The zero-order valence-corrected chi connectivity index (χ0v) is 12.8. The Kier molecular flexibility index (Phi) is 4.16. The van der Waals surface area contributed by atoms with E-state index in [9.17, 15) is 13.2 Å². The number of hydrogen-bond acceptors (Lipinski definition) is 1. The molecule has 0 aromatic heterocycles. The highest BCUT2D eigenvalue weighted by Crippen LogP contribution is 2.44. The molecule has 23 heavy (non-hydrogen) atoms. The number of alkyl halides is 3. The van der Waals surface area contributed by atoms with E-state index in [1.54, 1.807) is 18.2 Å². The molecule has 0 radical (unpaired) electrons. The van der Waals surface area contributed by atoms with Gasteiger partial charge < -0.3 is 5.32 Å². The highest BCUT2D eigenvalue weighted by molar-refractivity contribution is 5.80. The standard InChI is InChI=1S/C19H18F3N/c1-23-18-8-4-6-15(13-9-10-13)16(18)12-11-14-5-2-3-7-17(14)19(20,21)22/h2-8,11-13,23H,9-10H2,1H3/b12-11+. The number of hydrogen-bond donors (Lipinski definition) is 1. The lowest BCUT2D eigenvalue weighted by Crippen LogP contribution is -2.06. The van der Waals surface area contributed by atoms with Crippen molar-refractivity contribution in [2.75, 3.05) is 12.4 Å². The van der Waals surface area contributed by atoms with Crippen LogP contribution >= 0.6 is 0 Å². The lowest BCUT2D eigenvalue weighted by molar-refractivity contribution is -0.137. The summed E-state index contributed by atoms with van der Waals surface area (Å²) in [6, 6.07) is 11.6. The first kappa shape index (κ1) is 15.7. The Morgan fingerprint density at radius 2 is 1.74 bits per heavy atom. The summed E-state index contributed by atoms with van der Waals surface area (Å²) in [6.07, 6.45) is 1.30. The molecule has 1 saturated carbocycles. The highest BCUT2D eigenvalue weighted by atomic mass is 19.4. The summed E-state index contributed by atoms with van der Waals surface area (Å²) in [5, 5.41) is 3.13. The van der Waals surface area contributed by atoms with Gasteiger partial charge in [-0.05, 0) is 42.0 Å². The second-order valence-electron chi connectivity index (χ2n) is 5.75. The first-order chi connectivity index (χ1) is 11.0. The summed E-state index contributed by atoms with van der Waals surface area (Å²) in [6.45, 7) is 0. The van der Waals surface area contributed by atoms with E-state index in [1.165, 1.54) is 17.7 Å². The van der Waals surface area contributed by atoms with Crippen LogP contribution in [0.1, 0.15) is 41.0 Å². The monoisotopic (exact) mass is 317 g/mol. The average molecular weight is 317 g/mol. The molecule has 0 spiro atoms. The Hall–Kier alpha value is -2.23. The van der Waals surface area contributed by atoms with Crippen LogP contribution in [0.5, 0.6) is 0 Å². The zero-order chi connectivity index (χ0) is 16.4. The predicted molar refractivity (Wildman–Crippen MR) is 88.3 cm³/mol. The number of nitrogens with one attached hydrogen (secondary N) is 1. The van der Waals surface area contributed by atoms with Gasteiger partial charge in [0.2, 0.25) is 0 Å². The fourth-order valence-corrected chi connectivity index (χ4v) is 2.81. The summed E-state index contributed by atoms with van der Waals surface area (Å²) < 4.78 is 39.3. The third kappa shape index (κ3) is 3.41. The van der Waals surface area contributed by atoms with Crippen LogP contribution in [0.4, 0.5) is 18.9 Å². The Labute approximate surface area is 133 Å². The van der Waals surface area contributed by atoms with Gasteiger partial charge in [0, 0.05) is 18.3 Å².